The van der Waals surface area contributed by atoms with Gasteiger partial charge in [0, 0.05) is 16.6 Å². The molecule has 0 amide bonds. The van der Waals surface area contributed by atoms with Crippen LogP contribution in [-0.4, -0.2) is 18.7 Å². The first-order chi connectivity index (χ1) is 8.88. The maximum atomic E-state index is 5.73. The minimum Gasteiger partial charge on any atom is -0.377 e. The van der Waals surface area contributed by atoms with Crippen molar-refractivity contribution in [2.75, 3.05) is 13.2 Å². The predicted molar refractivity (Wildman–Crippen MR) is 90.1 cm³/mol. The van der Waals surface area contributed by atoms with E-state index >= 15 is 0 Å². The van der Waals surface area contributed by atoms with E-state index in [9.17, 15) is 0 Å². The number of unbranched alkanes of at least 4 members (excludes halogenated alkanes) is 1. The van der Waals surface area contributed by atoms with Gasteiger partial charge in [0.15, 0.2) is 0 Å². The molecular weight excluding hydrogens is 321 g/mol. The van der Waals surface area contributed by atoms with Gasteiger partial charge in [0.05, 0.1) is 6.61 Å². The summed E-state index contributed by atoms with van der Waals surface area (Å²) in [4.78, 5) is 0. The van der Waals surface area contributed by atoms with Crippen LogP contribution in [0.3, 0.4) is 0 Å². The van der Waals surface area contributed by atoms with Gasteiger partial charge < -0.3 is 10.1 Å². The second-order valence-corrected chi connectivity index (χ2v) is 7.32. The maximum absolute atomic E-state index is 5.73. The topological polar surface area (TPSA) is 21.3 Å². The van der Waals surface area contributed by atoms with Crippen LogP contribution in [0.2, 0.25) is 0 Å². The van der Waals surface area contributed by atoms with Crippen LogP contribution < -0.4 is 10.6 Å². The molecule has 0 aromatic heterocycles. The van der Waals surface area contributed by atoms with Gasteiger partial charge >= 0.3 is 0 Å². The van der Waals surface area contributed by atoms with Crippen molar-refractivity contribution >= 4 is 30.5 Å². The lowest BCUT2D eigenvalue weighted by molar-refractivity contribution is 0.117. The van der Waals surface area contributed by atoms with Crippen molar-refractivity contribution in [3.05, 3.63) is 28.2 Å². The molecule has 1 rings (SSSR count). The molecule has 1 unspecified atom stereocenters. The van der Waals surface area contributed by atoms with Gasteiger partial charge in [-0.2, -0.15) is 0 Å². The third-order valence-electron chi connectivity index (χ3n) is 2.73. The zero-order chi connectivity index (χ0) is 14.3. The molecule has 0 spiro atoms. The van der Waals surface area contributed by atoms with Crippen molar-refractivity contribution in [1.29, 1.82) is 0 Å². The van der Waals surface area contributed by atoms with Gasteiger partial charge in [-0.05, 0) is 63.2 Å². The zero-order valence-corrected chi connectivity index (χ0v) is 14.9. The normalized spacial score (nSPS) is 11.8. The molecule has 1 aromatic rings. The van der Waals surface area contributed by atoms with Gasteiger partial charge in [0.25, 0.3) is 0 Å². The highest BCUT2D eigenvalue weighted by Crippen LogP contribution is 2.13. The molecule has 0 radical (unpaired) electrons. The molecule has 0 aliphatic rings. The van der Waals surface area contributed by atoms with Crippen LogP contribution in [-0.2, 0) is 11.3 Å². The number of rotatable bonds is 7. The van der Waals surface area contributed by atoms with E-state index < -0.39 is 0 Å². The van der Waals surface area contributed by atoms with E-state index in [-0.39, 0.29) is 5.54 Å². The second-order valence-electron chi connectivity index (χ2n) is 5.78. The SMILES string of the molecule is CC(C)(C)NCCCCOCc1cc(Br)ccc1P. The fraction of sp³-hybridized carbons (Fsp3) is 0.600. The summed E-state index contributed by atoms with van der Waals surface area (Å²) < 4.78 is 6.83. The summed E-state index contributed by atoms with van der Waals surface area (Å²) in [5.74, 6) is 0. The Morgan fingerprint density at radius 2 is 2.00 bits per heavy atom. The summed E-state index contributed by atoms with van der Waals surface area (Å²) in [5, 5.41) is 4.69. The Bertz CT molecular complexity index is 390. The highest BCUT2D eigenvalue weighted by molar-refractivity contribution is 9.10. The largest absolute Gasteiger partial charge is 0.377 e. The van der Waals surface area contributed by atoms with Gasteiger partial charge in [-0.3, -0.25) is 0 Å². The van der Waals surface area contributed by atoms with Gasteiger partial charge in [-0.15, -0.1) is 9.24 Å². The molecular formula is C15H25BrNOP. The van der Waals surface area contributed by atoms with E-state index in [4.69, 9.17) is 4.74 Å². The average Bonchev–Trinajstić information content (AvgIpc) is 2.31. The monoisotopic (exact) mass is 345 g/mol. The number of halogens is 1. The summed E-state index contributed by atoms with van der Waals surface area (Å²) in [7, 11) is 2.75. The minimum absolute atomic E-state index is 0.214. The Kier molecular flexibility index (Phi) is 7.53. The number of benzene rings is 1. The van der Waals surface area contributed by atoms with Crippen molar-refractivity contribution in [3.63, 3.8) is 0 Å². The number of nitrogens with one attached hydrogen (secondary N) is 1. The summed E-state index contributed by atoms with van der Waals surface area (Å²) in [6.07, 6.45) is 2.26. The van der Waals surface area contributed by atoms with E-state index in [1.165, 1.54) is 10.9 Å². The molecule has 1 aromatic carbocycles. The Morgan fingerprint density at radius 3 is 2.68 bits per heavy atom. The molecule has 1 N–H and O–H groups in total. The minimum atomic E-state index is 0.214. The fourth-order valence-electron chi connectivity index (χ4n) is 1.67. The molecule has 108 valence electrons. The third-order valence-corrected chi connectivity index (χ3v) is 3.79. The molecule has 0 saturated heterocycles. The number of ether oxygens (including phenoxy) is 1. The highest BCUT2D eigenvalue weighted by atomic mass is 79.9. The van der Waals surface area contributed by atoms with E-state index in [0.29, 0.717) is 6.61 Å². The Balaban J connectivity index is 2.12. The van der Waals surface area contributed by atoms with Crippen LogP contribution >= 0.6 is 25.2 Å². The quantitative estimate of drug-likeness (QED) is 0.601. The first-order valence-electron chi connectivity index (χ1n) is 6.75. The van der Waals surface area contributed by atoms with Crippen LogP contribution in [0.4, 0.5) is 0 Å². The standard InChI is InChI=1S/C15H25BrNOP/c1-15(2,3)17-8-4-5-9-18-11-12-10-13(16)6-7-14(12)19/h6-7,10,17H,4-5,8-9,11,19H2,1-3H3. The third kappa shape index (κ3) is 8.04. The molecule has 19 heavy (non-hydrogen) atoms. The molecule has 0 bridgehead atoms. The van der Waals surface area contributed by atoms with Crippen molar-refractivity contribution in [2.24, 2.45) is 0 Å². The van der Waals surface area contributed by atoms with Crippen LogP contribution in [0.15, 0.2) is 22.7 Å². The van der Waals surface area contributed by atoms with Gasteiger partial charge in [0.2, 0.25) is 0 Å². The molecule has 0 saturated carbocycles. The van der Waals surface area contributed by atoms with E-state index in [1.54, 1.807) is 0 Å². The lowest BCUT2D eigenvalue weighted by atomic mass is 10.1. The summed E-state index contributed by atoms with van der Waals surface area (Å²) >= 11 is 3.48. The molecule has 4 heteroatoms. The number of hydrogen-bond acceptors (Lipinski definition) is 2. The second kappa shape index (κ2) is 8.36. The Labute approximate surface area is 128 Å². The molecule has 2 nitrogen and oxygen atoms in total. The molecule has 0 heterocycles. The van der Waals surface area contributed by atoms with Gasteiger partial charge in [-0.1, -0.05) is 22.0 Å². The van der Waals surface area contributed by atoms with Crippen molar-refractivity contribution in [3.8, 4) is 0 Å². The fourth-order valence-corrected chi connectivity index (χ4v) is 2.35. The lowest BCUT2D eigenvalue weighted by Gasteiger charge is -2.20. The average molecular weight is 346 g/mol. The zero-order valence-electron chi connectivity index (χ0n) is 12.1. The van der Waals surface area contributed by atoms with Gasteiger partial charge in [0.1, 0.15) is 0 Å². The molecule has 1 atom stereocenters. The maximum Gasteiger partial charge on any atom is 0.0723 e. The summed E-state index contributed by atoms with van der Waals surface area (Å²) in [6.45, 7) is 9.14. The van der Waals surface area contributed by atoms with Crippen molar-refractivity contribution in [2.45, 2.75) is 45.8 Å². The van der Waals surface area contributed by atoms with Crippen LogP contribution in [0, 0.1) is 0 Å². The predicted octanol–water partition coefficient (Wildman–Crippen LogP) is 3.63. The van der Waals surface area contributed by atoms with Crippen molar-refractivity contribution in [1.82, 2.24) is 5.32 Å². The smallest absolute Gasteiger partial charge is 0.0723 e. The molecule has 0 aliphatic carbocycles. The first kappa shape index (κ1) is 17.1. The van der Waals surface area contributed by atoms with Gasteiger partial charge in [-0.25, -0.2) is 0 Å². The van der Waals surface area contributed by atoms with E-state index in [2.05, 4.69) is 63.4 Å². The first-order valence-corrected chi connectivity index (χ1v) is 8.12. The molecule has 0 fully saturated rings. The highest BCUT2D eigenvalue weighted by Gasteiger charge is 2.06. The van der Waals surface area contributed by atoms with E-state index in [0.717, 1.165) is 30.5 Å². The van der Waals surface area contributed by atoms with Crippen LogP contribution in [0.1, 0.15) is 39.2 Å². The van der Waals surface area contributed by atoms with Crippen LogP contribution in [0.5, 0.6) is 0 Å². The Hall–Kier alpha value is 0.0500. The summed E-state index contributed by atoms with van der Waals surface area (Å²) in [5.41, 5.74) is 1.44. The molecule has 0 aliphatic heterocycles. The number of hydrogen-bond donors (Lipinski definition) is 1. The summed E-state index contributed by atoms with van der Waals surface area (Å²) in [6, 6.07) is 6.24. The van der Waals surface area contributed by atoms with Crippen LogP contribution in [0.25, 0.3) is 0 Å². The lowest BCUT2D eigenvalue weighted by Crippen LogP contribution is -2.36. The van der Waals surface area contributed by atoms with Crippen molar-refractivity contribution < 1.29 is 4.74 Å². The Morgan fingerprint density at radius 1 is 1.26 bits per heavy atom. The van der Waals surface area contributed by atoms with E-state index in [1.807, 2.05) is 6.07 Å².